The number of amides is 1. The number of rotatable bonds is 7. The predicted molar refractivity (Wildman–Crippen MR) is 73.2 cm³/mol. The number of carboxylic acids is 1. The maximum Gasteiger partial charge on any atom is 0.355 e. The molecule has 0 unspecified atom stereocenters. The van der Waals surface area contributed by atoms with Crippen LogP contribution in [0.5, 0.6) is 0 Å². The van der Waals surface area contributed by atoms with E-state index in [1.807, 2.05) is 13.8 Å². The maximum atomic E-state index is 11.6. The van der Waals surface area contributed by atoms with Crippen LogP contribution in [0.1, 0.15) is 35.8 Å². The number of hydrogen-bond acceptors (Lipinski definition) is 5. The molecule has 0 saturated heterocycles. The van der Waals surface area contributed by atoms with Crippen LogP contribution in [0.25, 0.3) is 0 Å². The zero-order chi connectivity index (χ0) is 14.4. The molecule has 1 rings (SSSR count). The number of aromatic nitrogens is 1. The Balaban J connectivity index is 2.33. The third kappa shape index (κ3) is 5.35. The first kappa shape index (κ1) is 15.6. The van der Waals surface area contributed by atoms with E-state index in [9.17, 15) is 9.59 Å². The molecule has 106 valence electrons. The summed E-state index contributed by atoms with van der Waals surface area (Å²) >= 11 is 1.27. The molecule has 0 aromatic carbocycles. The Kier molecular flexibility index (Phi) is 5.91. The number of nitrogens with two attached hydrogens (primary N) is 1. The van der Waals surface area contributed by atoms with E-state index in [4.69, 9.17) is 10.8 Å². The smallest absolute Gasteiger partial charge is 0.355 e. The van der Waals surface area contributed by atoms with Crippen LogP contribution in [0.3, 0.4) is 0 Å². The molecule has 1 aromatic heterocycles. The lowest BCUT2D eigenvalue weighted by Crippen LogP contribution is -2.42. The van der Waals surface area contributed by atoms with E-state index in [0.717, 1.165) is 0 Å². The molecule has 0 aliphatic heterocycles. The van der Waals surface area contributed by atoms with E-state index < -0.39 is 12.0 Å². The Morgan fingerprint density at radius 2 is 2.21 bits per heavy atom. The molecule has 1 amide bonds. The third-order valence-corrected chi connectivity index (χ3v) is 3.38. The van der Waals surface area contributed by atoms with Crippen LogP contribution in [0.4, 0.5) is 0 Å². The van der Waals surface area contributed by atoms with Crippen molar-refractivity contribution in [2.75, 3.05) is 6.54 Å². The Bertz CT molecular complexity index is 445. The van der Waals surface area contributed by atoms with Crippen molar-refractivity contribution >= 4 is 23.2 Å². The second-order valence-electron chi connectivity index (χ2n) is 4.71. The van der Waals surface area contributed by atoms with Gasteiger partial charge in [-0.05, 0) is 12.3 Å². The van der Waals surface area contributed by atoms with Crippen LogP contribution >= 0.6 is 11.3 Å². The molecule has 0 spiro atoms. The molecule has 0 aliphatic carbocycles. The summed E-state index contributed by atoms with van der Waals surface area (Å²) in [6, 6.07) is -0.495. The summed E-state index contributed by atoms with van der Waals surface area (Å²) in [6.45, 7) is 4.43. The summed E-state index contributed by atoms with van der Waals surface area (Å²) in [5.41, 5.74) is 5.78. The number of hydrogen-bond donors (Lipinski definition) is 3. The molecule has 19 heavy (non-hydrogen) atoms. The first-order chi connectivity index (χ1) is 8.90. The van der Waals surface area contributed by atoms with Gasteiger partial charge in [-0.1, -0.05) is 13.8 Å². The van der Waals surface area contributed by atoms with Gasteiger partial charge in [-0.2, -0.15) is 0 Å². The fourth-order valence-corrected chi connectivity index (χ4v) is 2.33. The quantitative estimate of drug-likeness (QED) is 0.689. The highest BCUT2D eigenvalue weighted by molar-refractivity contribution is 7.09. The molecular formula is C12H19N3O3S. The summed E-state index contributed by atoms with van der Waals surface area (Å²) in [5.74, 6) is -0.841. The molecule has 0 saturated carbocycles. The van der Waals surface area contributed by atoms with Crippen molar-refractivity contribution < 1.29 is 14.7 Å². The van der Waals surface area contributed by atoms with Gasteiger partial charge in [0.1, 0.15) is 0 Å². The van der Waals surface area contributed by atoms with Gasteiger partial charge >= 0.3 is 5.97 Å². The van der Waals surface area contributed by atoms with Gasteiger partial charge in [-0.25, -0.2) is 9.78 Å². The zero-order valence-corrected chi connectivity index (χ0v) is 11.9. The van der Waals surface area contributed by atoms with Crippen molar-refractivity contribution in [1.29, 1.82) is 0 Å². The average Bonchev–Trinajstić information content (AvgIpc) is 2.76. The van der Waals surface area contributed by atoms with Crippen LogP contribution in [-0.2, 0) is 11.2 Å². The van der Waals surface area contributed by atoms with Gasteiger partial charge in [-0.15, -0.1) is 11.3 Å². The van der Waals surface area contributed by atoms with Gasteiger partial charge in [-0.3, -0.25) is 4.79 Å². The fraction of sp³-hybridized carbons (Fsp3) is 0.583. The van der Waals surface area contributed by atoms with E-state index in [0.29, 0.717) is 30.3 Å². The van der Waals surface area contributed by atoms with Crippen molar-refractivity contribution in [1.82, 2.24) is 10.3 Å². The predicted octanol–water partition coefficient (Wildman–Crippen LogP) is 0.873. The lowest BCUT2D eigenvalue weighted by Gasteiger charge is -2.13. The number of nitrogens with zero attached hydrogens (tertiary/aromatic N) is 1. The van der Waals surface area contributed by atoms with Crippen molar-refractivity contribution in [3.05, 3.63) is 16.1 Å². The molecule has 1 heterocycles. The highest BCUT2D eigenvalue weighted by Crippen LogP contribution is 2.10. The number of thiazole rings is 1. The second-order valence-corrected chi connectivity index (χ2v) is 5.65. The van der Waals surface area contributed by atoms with E-state index in [2.05, 4.69) is 10.3 Å². The topological polar surface area (TPSA) is 105 Å². The summed E-state index contributed by atoms with van der Waals surface area (Å²) in [7, 11) is 0. The minimum atomic E-state index is -1.04. The lowest BCUT2D eigenvalue weighted by atomic mass is 10.0. The van der Waals surface area contributed by atoms with Crippen LogP contribution in [0, 0.1) is 5.92 Å². The van der Waals surface area contributed by atoms with Gasteiger partial charge < -0.3 is 16.2 Å². The Morgan fingerprint density at radius 3 is 2.74 bits per heavy atom. The molecule has 7 heteroatoms. The molecule has 0 bridgehead atoms. The number of carbonyl (C=O) groups excluding carboxylic acids is 1. The van der Waals surface area contributed by atoms with Crippen LogP contribution in [0.2, 0.25) is 0 Å². The Labute approximate surface area is 116 Å². The minimum Gasteiger partial charge on any atom is -0.476 e. The summed E-state index contributed by atoms with van der Waals surface area (Å²) < 4.78 is 0. The number of carbonyl (C=O) groups is 2. The van der Waals surface area contributed by atoms with E-state index in [1.54, 1.807) is 0 Å². The molecule has 6 nitrogen and oxygen atoms in total. The van der Waals surface area contributed by atoms with Crippen molar-refractivity contribution in [2.24, 2.45) is 11.7 Å². The highest BCUT2D eigenvalue weighted by atomic mass is 32.1. The van der Waals surface area contributed by atoms with Crippen molar-refractivity contribution in [3.63, 3.8) is 0 Å². The van der Waals surface area contributed by atoms with E-state index in [1.165, 1.54) is 16.7 Å². The Morgan fingerprint density at radius 1 is 1.53 bits per heavy atom. The normalized spacial score (nSPS) is 12.4. The summed E-state index contributed by atoms with van der Waals surface area (Å²) in [4.78, 5) is 26.2. The van der Waals surface area contributed by atoms with Gasteiger partial charge in [0.2, 0.25) is 5.91 Å². The lowest BCUT2D eigenvalue weighted by molar-refractivity contribution is -0.122. The van der Waals surface area contributed by atoms with Crippen LogP contribution in [-0.4, -0.2) is 34.6 Å². The molecule has 0 radical (unpaired) electrons. The Hall–Kier alpha value is -1.47. The molecule has 4 N–H and O–H groups in total. The minimum absolute atomic E-state index is 0.0443. The first-order valence-corrected chi connectivity index (χ1v) is 6.99. The van der Waals surface area contributed by atoms with Crippen molar-refractivity contribution in [3.8, 4) is 0 Å². The molecule has 1 atom stereocenters. The summed E-state index contributed by atoms with van der Waals surface area (Å²) in [5, 5.41) is 13.6. The molecule has 0 aliphatic rings. The standard InChI is InChI=1S/C12H19N3O3S/c1-7(2)5-8(13)11(16)14-4-3-10-15-9(6-19-10)12(17)18/h6-8H,3-5,13H2,1-2H3,(H,14,16)(H,17,18)/t8-/m0/s1. The molecule has 1 aromatic rings. The zero-order valence-electron chi connectivity index (χ0n) is 11.0. The van der Waals surface area contributed by atoms with Crippen molar-refractivity contribution in [2.45, 2.75) is 32.7 Å². The third-order valence-electron chi connectivity index (χ3n) is 2.47. The van der Waals surface area contributed by atoms with E-state index in [-0.39, 0.29) is 11.6 Å². The number of carboxylic acid groups (broad SMARTS) is 1. The van der Waals surface area contributed by atoms with Gasteiger partial charge in [0.25, 0.3) is 0 Å². The monoisotopic (exact) mass is 285 g/mol. The van der Waals surface area contributed by atoms with Gasteiger partial charge in [0.05, 0.1) is 11.0 Å². The number of nitrogens with one attached hydrogen (secondary N) is 1. The SMILES string of the molecule is CC(C)C[C@H](N)C(=O)NCCc1nc(C(=O)O)cs1. The van der Waals surface area contributed by atoms with Crippen LogP contribution < -0.4 is 11.1 Å². The van der Waals surface area contributed by atoms with Gasteiger partial charge in [0, 0.05) is 18.3 Å². The summed E-state index contributed by atoms with van der Waals surface area (Å²) in [6.07, 6.45) is 1.16. The number of aromatic carboxylic acids is 1. The fourth-order valence-electron chi connectivity index (χ4n) is 1.56. The highest BCUT2D eigenvalue weighted by Gasteiger charge is 2.14. The second kappa shape index (κ2) is 7.20. The average molecular weight is 285 g/mol. The van der Waals surface area contributed by atoms with E-state index >= 15 is 0 Å². The largest absolute Gasteiger partial charge is 0.476 e. The maximum absolute atomic E-state index is 11.6. The van der Waals surface area contributed by atoms with Gasteiger partial charge in [0.15, 0.2) is 5.69 Å². The molecular weight excluding hydrogens is 266 g/mol. The molecule has 0 fully saturated rings. The first-order valence-electron chi connectivity index (χ1n) is 6.11. The van der Waals surface area contributed by atoms with Crippen LogP contribution in [0.15, 0.2) is 5.38 Å².